The van der Waals surface area contributed by atoms with Crippen LogP contribution < -0.4 is 9.80 Å². The molecule has 1 aliphatic carbocycles. The van der Waals surface area contributed by atoms with Gasteiger partial charge in [-0.25, -0.2) is 4.98 Å². The van der Waals surface area contributed by atoms with E-state index in [-0.39, 0.29) is 6.10 Å². The number of anilines is 2. The summed E-state index contributed by atoms with van der Waals surface area (Å²) in [4.78, 5) is 13.4. The summed E-state index contributed by atoms with van der Waals surface area (Å²) in [6.45, 7) is 3.24. The normalized spacial score (nSPS) is 31.6. The van der Waals surface area contributed by atoms with Gasteiger partial charge >= 0.3 is 0 Å². The molecule has 0 radical (unpaired) electrons. The van der Waals surface area contributed by atoms with E-state index in [1.54, 1.807) is 0 Å². The SMILES string of the molecule is OC1CCC(N2CC3COCCN3c3nc(Cl)ncc32)CC1. The standard InChI is InChI=1S/C15H21ClN4O2/c16-15-17-7-13-14(18-15)19-5-6-22-9-11(19)8-20(13)10-1-3-12(21)4-2-10/h7,10-12,21H,1-6,8-9H2. The van der Waals surface area contributed by atoms with E-state index in [9.17, 15) is 5.11 Å². The Morgan fingerprint density at radius 1 is 1.18 bits per heavy atom. The average Bonchev–Trinajstić information content (AvgIpc) is 2.55. The number of aliphatic hydroxyl groups excluding tert-OH is 1. The number of aromatic nitrogens is 2. The average molecular weight is 325 g/mol. The molecule has 2 aliphatic heterocycles. The van der Waals surface area contributed by atoms with Crippen LogP contribution in [0.3, 0.4) is 0 Å². The molecule has 1 aromatic heterocycles. The van der Waals surface area contributed by atoms with E-state index in [1.807, 2.05) is 6.20 Å². The highest BCUT2D eigenvalue weighted by Crippen LogP contribution is 2.38. The number of hydrogen-bond acceptors (Lipinski definition) is 6. The molecular weight excluding hydrogens is 304 g/mol. The quantitative estimate of drug-likeness (QED) is 0.789. The lowest BCUT2D eigenvalue weighted by Gasteiger charge is -2.48. The van der Waals surface area contributed by atoms with Crippen LogP contribution in [0.25, 0.3) is 0 Å². The zero-order valence-corrected chi connectivity index (χ0v) is 13.2. The zero-order valence-electron chi connectivity index (χ0n) is 12.5. The van der Waals surface area contributed by atoms with Gasteiger partial charge < -0.3 is 19.6 Å². The second-order valence-corrected chi connectivity index (χ2v) is 6.72. The maximum Gasteiger partial charge on any atom is 0.224 e. The van der Waals surface area contributed by atoms with Crippen molar-refractivity contribution in [2.24, 2.45) is 0 Å². The van der Waals surface area contributed by atoms with Gasteiger partial charge in [-0.2, -0.15) is 4.98 Å². The van der Waals surface area contributed by atoms with Gasteiger partial charge in [-0.3, -0.25) is 0 Å². The van der Waals surface area contributed by atoms with E-state index in [1.165, 1.54) is 0 Å². The fourth-order valence-electron chi connectivity index (χ4n) is 3.89. The van der Waals surface area contributed by atoms with Crippen molar-refractivity contribution in [3.63, 3.8) is 0 Å². The summed E-state index contributed by atoms with van der Waals surface area (Å²) in [6.07, 6.45) is 5.47. The van der Waals surface area contributed by atoms with E-state index >= 15 is 0 Å². The molecule has 3 heterocycles. The van der Waals surface area contributed by atoms with Crippen LogP contribution in [-0.4, -0.2) is 59.6 Å². The summed E-state index contributed by atoms with van der Waals surface area (Å²) in [5, 5.41) is 10.1. The van der Waals surface area contributed by atoms with Gasteiger partial charge in [0.1, 0.15) is 0 Å². The Kier molecular flexibility index (Phi) is 3.84. The molecule has 22 heavy (non-hydrogen) atoms. The van der Waals surface area contributed by atoms with Gasteiger partial charge in [0.05, 0.1) is 37.2 Å². The Morgan fingerprint density at radius 2 is 2.00 bits per heavy atom. The molecule has 4 rings (SSSR count). The summed E-state index contributed by atoms with van der Waals surface area (Å²) in [6, 6.07) is 0.759. The molecular formula is C15H21ClN4O2. The molecule has 1 saturated carbocycles. The van der Waals surface area contributed by atoms with Gasteiger partial charge in [-0.15, -0.1) is 0 Å². The number of ether oxygens (including phenoxy) is 1. The largest absolute Gasteiger partial charge is 0.393 e. The molecule has 0 aromatic carbocycles. The summed E-state index contributed by atoms with van der Waals surface area (Å²) >= 11 is 6.03. The molecule has 120 valence electrons. The summed E-state index contributed by atoms with van der Waals surface area (Å²) < 4.78 is 5.65. The van der Waals surface area contributed by atoms with Crippen LogP contribution in [-0.2, 0) is 4.74 Å². The van der Waals surface area contributed by atoms with E-state index < -0.39 is 0 Å². The van der Waals surface area contributed by atoms with E-state index in [2.05, 4.69) is 19.8 Å². The van der Waals surface area contributed by atoms with Crippen molar-refractivity contribution in [1.29, 1.82) is 0 Å². The number of fused-ring (bicyclic) bond motifs is 3. The van der Waals surface area contributed by atoms with Crippen LogP contribution in [0.15, 0.2) is 6.20 Å². The Bertz CT molecular complexity index is 550. The first kappa shape index (κ1) is 14.5. The molecule has 1 N–H and O–H groups in total. The van der Waals surface area contributed by atoms with Crippen molar-refractivity contribution in [3.05, 3.63) is 11.5 Å². The molecule has 3 aliphatic rings. The molecule has 0 bridgehead atoms. The van der Waals surface area contributed by atoms with E-state index in [0.29, 0.717) is 17.4 Å². The lowest BCUT2D eigenvalue weighted by atomic mass is 9.90. The van der Waals surface area contributed by atoms with Crippen molar-refractivity contribution < 1.29 is 9.84 Å². The summed E-state index contributed by atoms with van der Waals surface area (Å²) in [5.41, 5.74) is 1.07. The topological polar surface area (TPSA) is 61.7 Å². The Hall–Kier alpha value is -1.11. The predicted octanol–water partition coefficient (Wildman–Crippen LogP) is 1.46. The second-order valence-electron chi connectivity index (χ2n) is 6.38. The lowest BCUT2D eigenvalue weighted by molar-refractivity contribution is 0.0899. The summed E-state index contributed by atoms with van der Waals surface area (Å²) in [5.74, 6) is 0.936. The number of morpholine rings is 1. The highest BCUT2D eigenvalue weighted by molar-refractivity contribution is 6.28. The van der Waals surface area contributed by atoms with Gasteiger partial charge in [-0.1, -0.05) is 0 Å². The monoisotopic (exact) mass is 324 g/mol. The number of halogens is 1. The highest BCUT2D eigenvalue weighted by atomic mass is 35.5. The van der Waals surface area contributed by atoms with Gasteiger partial charge in [0, 0.05) is 19.1 Å². The third-order valence-electron chi connectivity index (χ3n) is 5.04. The molecule has 7 heteroatoms. The van der Waals surface area contributed by atoms with Crippen molar-refractivity contribution in [2.75, 3.05) is 36.1 Å². The van der Waals surface area contributed by atoms with Gasteiger partial charge in [0.15, 0.2) is 5.82 Å². The van der Waals surface area contributed by atoms with Crippen molar-refractivity contribution in [1.82, 2.24) is 9.97 Å². The smallest absolute Gasteiger partial charge is 0.224 e. The number of nitrogens with zero attached hydrogens (tertiary/aromatic N) is 4. The van der Waals surface area contributed by atoms with E-state index in [4.69, 9.17) is 16.3 Å². The van der Waals surface area contributed by atoms with Crippen molar-refractivity contribution >= 4 is 23.1 Å². The second kappa shape index (κ2) is 5.83. The number of aliphatic hydroxyl groups is 1. The Labute approximate surface area is 135 Å². The van der Waals surface area contributed by atoms with Crippen LogP contribution in [0.4, 0.5) is 11.5 Å². The fraction of sp³-hybridized carbons (Fsp3) is 0.733. The molecule has 1 saturated heterocycles. The van der Waals surface area contributed by atoms with Gasteiger partial charge in [0.2, 0.25) is 5.28 Å². The summed E-state index contributed by atoms with van der Waals surface area (Å²) in [7, 11) is 0. The molecule has 1 unspecified atom stereocenters. The first-order valence-electron chi connectivity index (χ1n) is 8.04. The fourth-order valence-corrected chi connectivity index (χ4v) is 4.01. The van der Waals surface area contributed by atoms with Gasteiger partial charge in [0.25, 0.3) is 0 Å². The molecule has 6 nitrogen and oxygen atoms in total. The Morgan fingerprint density at radius 3 is 2.82 bits per heavy atom. The third kappa shape index (κ3) is 2.53. The minimum atomic E-state index is -0.142. The third-order valence-corrected chi connectivity index (χ3v) is 5.23. The predicted molar refractivity (Wildman–Crippen MR) is 84.6 cm³/mol. The zero-order chi connectivity index (χ0) is 15.1. The first-order chi connectivity index (χ1) is 10.7. The van der Waals surface area contributed by atoms with Crippen LogP contribution in [0, 0.1) is 0 Å². The van der Waals surface area contributed by atoms with Crippen LogP contribution in [0.5, 0.6) is 0 Å². The minimum absolute atomic E-state index is 0.142. The molecule has 0 spiro atoms. The molecule has 1 atom stereocenters. The van der Waals surface area contributed by atoms with Crippen molar-refractivity contribution in [2.45, 2.75) is 43.9 Å². The maximum absolute atomic E-state index is 9.76. The first-order valence-corrected chi connectivity index (χ1v) is 8.42. The van der Waals surface area contributed by atoms with E-state index in [0.717, 1.165) is 63.5 Å². The highest BCUT2D eigenvalue weighted by Gasteiger charge is 2.38. The number of hydrogen-bond donors (Lipinski definition) is 1. The van der Waals surface area contributed by atoms with Crippen LogP contribution in [0.1, 0.15) is 25.7 Å². The minimum Gasteiger partial charge on any atom is -0.393 e. The van der Waals surface area contributed by atoms with Crippen LogP contribution >= 0.6 is 11.6 Å². The van der Waals surface area contributed by atoms with Gasteiger partial charge in [-0.05, 0) is 37.3 Å². The maximum atomic E-state index is 9.76. The van der Waals surface area contributed by atoms with Crippen molar-refractivity contribution in [3.8, 4) is 0 Å². The molecule has 2 fully saturated rings. The molecule has 1 aromatic rings. The molecule has 0 amide bonds. The lowest BCUT2D eigenvalue weighted by Crippen LogP contribution is -2.58. The Balaban J connectivity index is 1.67. The number of rotatable bonds is 1. The van der Waals surface area contributed by atoms with Crippen LogP contribution in [0.2, 0.25) is 5.28 Å².